The Bertz CT molecular complexity index is 454. The summed E-state index contributed by atoms with van der Waals surface area (Å²) in [6.45, 7) is 0. The Balaban J connectivity index is 2.95. The fourth-order valence-corrected chi connectivity index (χ4v) is 1.97. The molecule has 2 N–H and O–H groups in total. The van der Waals surface area contributed by atoms with E-state index in [4.69, 9.17) is 0 Å². The van der Waals surface area contributed by atoms with Crippen molar-refractivity contribution >= 4 is 27.0 Å². The number of nitrogens with one attached hydrogen (secondary N) is 2. The molecule has 1 atom stereocenters. The molecule has 84 valence electrons. The van der Waals surface area contributed by atoms with Crippen LogP contribution in [0.3, 0.4) is 0 Å². The third-order valence-corrected chi connectivity index (χ3v) is 3.47. The van der Waals surface area contributed by atoms with Crippen LogP contribution in [0.5, 0.6) is 0 Å². The van der Waals surface area contributed by atoms with E-state index in [2.05, 4.69) is 9.44 Å². The van der Waals surface area contributed by atoms with E-state index < -0.39 is 21.3 Å². The van der Waals surface area contributed by atoms with Crippen LogP contribution in [0.25, 0.3) is 0 Å². The summed E-state index contributed by atoms with van der Waals surface area (Å²) in [4.78, 5) is 0.0761. The molecule has 0 saturated heterocycles. The van der Waals surface area contributed by atoms with Crippen molar-refractivity contribution in [1.82, 2.24) is 4.72 Å². The summed E-state index contributed by atoms with van der Waals surface area (Å²) in [5.41, 5.74) is 0.304. The number of benzene rings is 1. The zero-order valence-corrected chi connectivity index (χ0v) is 9.39. The molecule has 1 aromatic rings. The lowest BCUT2D eigenvalue weighted by Crippen LogP contribution is -2.18. The number of hydrogen-bond acceptors (Lipinski definition) is 4. The second-order valence-corrected chi connectivity index (χ2v) is 5.13. The highest BCUT2D eigenvalue weighted by molar-refractivity contribution is 7.89. The maximum atomic E-state index is 11.3. The van der Waals surface area contributed by atoms with Gasteiger partial charge >= 0.3 is 0 Å². The minimum atomic E-state index is -3.48. The van der Waals surface area contributed by atoms with Crippen LogP contribution < -0.4 is 9.44 Å². The van der Waals surface area contributed by atoms with Gasteiger partial charge in [-0.05, 0) is 31.3 Å². The van der Waals surface area contributed by atoms with E-state index >= 15 is 0 Å². The number of hydrogen-bond donors (Lipinski definition) is 2. The van der Waals surface area contributed by atoms with E-state index in [1.165, 1.54) is 31.3 Å². The summed E-state index contributed by atoms with van der Waals surface area (Å²) < 4.78 is 47.3. The first kappa shape index (κ1) is 12.1. The average molecular weight is 249 g/mol. The van der Waals surface area contributed by atoms with Crippen LogP contribution in [0.1, 0.15) is 0 Å². The maximum absolute atomic E-state index is 11.3. The van der Waals surface area contributed by atoms with Crippen molar-refractivity contribution in [2.45, 2.75) is 4.90 Å². The van der Waals surface area contributed by atoms with E-state index in [1.807, 2.05) is 0 Å². The van der Waals surface area contributed by atoms with Crippen molar-refractivity contribution in [2.75, 3.05) is 11.8 Å². The normalized spacial score (nSPS) is 13.5. The van der Waals surface area contributed by atoms with Crippen molar-refractivity contribution in [3.8, 4) is 0 Å². The van der Waals surface area contributed by atoms with Crippen LogP contribution in [0.2, 0.25) is 0 Å². The summed E-state index contributed by atoms with van der Waals surface area (Å²) >= 11 is -2.41. The Kier molecular flexibility index (Phi) is 3.80. The van der Waals surface area contributed by atoms with Gasteiger partial charge in [-0.1, -0.05) is 0 Å². The Morgan fingerprint density at radius 1 is 1.27 bits per heavy atom. The Morgan fingerprint density at radius 2 is 1.80 bits per heavy atom. The monoisotopic (exact) mass is 249 g/mol. The predicted octanol–water partition coefficient (Wildman–Crippen LogP) is -0.199. The van der Waals surface area contributed by atoms with Crippen molar-refractivity contribution in [2.24, 2.45) is 0 Å². The summed E-state index contributed by atoms with van der Waals surface area (Å²) in [7, 11) is -2.18. The molecule has 0 saturated carbocycles. The van der Waals surface area contributed by atoms with Crippen LogP contribution in [0, 0.1) is 0 Å². The van der Waals surface area contributed by atoms with Crippen LogP contribution >= 0.6 is 0 Å². The lowest BCUT2D eigenvalue weighted by molar-refractivity contribution is 0.542. The molecule has 0 aromatic heterocycles. The smallest absolute Gasteiger partial charge is 0.240 e. The van der Waals surface area contributed by atoms with Gasteiger partial charge < -0.3 is 9.27 Å². The quantitative estimate of drug-likeness (QED) is 0.722. The third kappa shape index (κ3) is 3.27. The van der Waals surface area contributed by atoms with Crippen LogP contribution in [-0.2, 0) is 21.3 Å². The lowest BCUT2D eigenvalue weighted by Gasteiger charge is -2.08. The van der Waals surface area contributed by atoms with Crippen molar-refractivity contribution in [3.63, 3.8) is 0 Å². The molecule has 15 heavy (non-hydrogen) atoms. The van der Waals surface area contributed by atoms with Crippen molar-refractivity contribution in [1.29, 1.82) is 0 Å². The molecule has 0 aliphatic carbocycles. The van der Waals surface area contributed by atoms with Gasteiger partial charge in [-0.3, -0.25) is 4.21 Å². The zero-order chi connectivity index (χ0) is 11.5. The van der Waals surface area contributed by atoms with Crippen molar-refractivity contribution in [3.05, 3.63) is 24.3 Å². The summed E-state index contributed by atoms with van der Waals surface area (Å²) in [5, 5.41) is 0. The Morgan fingerprint density at radius 3 is 2.20 bits per heavy atom. The Hall–Kier alpha value is -0.960. The lowest BCUT2D eigenvalue weighted by atomic mass is 10.3. The van der Waals surface area contributed by atoms with Crippen LogP contribution in [0.15, 0.2) is 29.2 Å². The maximum Gasteiger partial charge on any atom is 0.240 e. The molecule has 0 aliphatic rings. The van der Waals surface area contributed by atoms with Gasteiger partial charge in [0, 0.05) is 17.0 Å². The molecule has 8 heteroatoms. The number of rotatable bonds is 4. The number of sulfonamides is 1. The molecule has 0 heterocycles. The van der Waals surface area contributed by atoms with Gasteiger partial charge in [0.1, 0.15) is 0 Å². The second-order valence-electron chi connectivity index (χ2n) is 2.57. The first-order chi connectivity index (χ1) is 6.95. The van der Waals surface area contributed by atoms with Crippen LogP contribution in [0.4, 0.5) is 5.69 Å². The molecule has 0 spiro atoms. The molecule has 6 nitrogen and oxygen atoms in total. The first-order valence-corrected chi connectivity index (χ1v) is 6.41. The van der Waals surface area contributed by atoms with E-state index in [0.29, 0.717) is 5.69 Å². The first-order valence-electron chi connectivity index (χ1n) is 3.85. The van der Waals surface area contributed by atoms with Gasteiger partial charge in [0.2, 0.25) is 10.0 Å². The summed E-state index contributed by atoms with van der Waals surface area (Å²) in [6, 6.07) is 5.34. The predicted molar refractivity (Wildman–Crippen MR) is 55.2 cm³/mol. The fraction of sp³-hybridized carbons (Fsp3) is 0.143. The zero-order valence-electron chi connectivity index (χ0n) is 7.76. The summed E-state index contributed by atoms with van der Waals surface area (Å²) in [6.07, 6.45) is 0. The molecule has 1 rings (SSSR count). The van der Waals surface area contributed by atoms with E-state index in [-0.39, 0.29) is 4.90 Å². The molecule has 0 radical (unpaired) electrons. The second kappa shape index (κ2) is 4.71. The van der Waals surface area contributed by atoms with Gasteiger partial charge in [-0.15, -0.1) is 0 Å². The molecule has 0 amide bonds. The topological polar surface area (TPSA) is 98.3 Å². The standard InChI is InChI=1S/C7H10N2O4S2/c1-8-15(12,13)7-4-2-6(3-5-7)9-14(10)11/h2-5,8-9H,1H3,(H,10,11)/p-1. The van der Waals surface area contributed by atoms with Gasteiger partial charge in [-0.2, -0.15) is 0 Å². The van der Waals surface area contributed by atoms with E-state index in [0.717, 1.165) is 0 Å². The molecule has 0 fully saturated rings. The highest BCUT2D eigenvalue weighted by atomic mass is 32.2. The van der Waals surface area contributed by atoms with Gasteiger partial charge in [0.25, 0.3) is 0 Å². The van der Waals surface area contributed by atoms with Crippen molar-refractivity contribution < 1.29 is 17.2 Å². The van der Waals surface area contributed by atoms with E-state index in [9.17, 15) is 17.2 Å². The number of anilines is 1. The highest BCUT2D eigenvalue weighted by Crippen LogP contribution is 2.13. The van der Waals surface area contributed by atoms with Gasteiger partial charge in [-0.25, -0.2) is 13.1 Å². The molecule has 0 bridgehead atoms. The molecular weight excluding hydrogens is 240 g/mol. The molecule has 1 unspecified atom stereocenters. The third-order valence-electron chi connectivity index (χ3n) is 1.63. The van der Waals surface area contributed by atoms with Crippen LogP contribution in [-0.4, -0.2) is 24.2 Å². The SMILES string of the molecule is CNS(=O)(=O)c1ccc(NS(=O)[O-])cc1. The molecule has 0 aliphatic heterocycles. The minimum Gasteiger partial charge on any atom is -0.755 e. The van der Waals surface area contributed by atoms with Gasteiger partial charge in [0.05, 0.1) is 4.90 Å². The van der Waals surface area contributed by atoms with E-state index in [1.54, 1.807) is 0 Å². The summed E-state index contributed by atoms with van der Waals surface area (Å²) in [5.74, 6) is 0. The Labute approximate surface area is 90.2 Å². The average Bonchev–Trinajstić information content (AvgIpc) is 2.18. The van der Waals surface area contributed by atoms with Gasteiger partial charge in [0.15, 0.2) is 0 Å². The fourth-order valence-electron chi connectivity index (χ4n) is 0.916. The minimum absolute atomic E-state index is 0.0761. The molecular formula is C7H9N2O4S2-. The molecule has 1 aromatic carbocycles. The largest absolute Gasteiger partial charge is 0.755 e. The highest BCUT2D eigenvalue weighted by Gasteiger charge is 2.09.